The number of hydrogen-bond acceptors (Lipinski definition) is 7. The van der Waals surface area contributed by atoms with Gasteiger partial charge >= 0.3 is 6.09 Å². The molecule has 2 heterocycles. The summed E-state index contributed by atoms with van der Waals surface area (Å²) in [7, 11) is 0. The highest BCUT2D eigenvalue weighted by molar-refractivity contribution is 5.94. The maximum atomic E-state index is 13.9. The summed E-state index contributed by atoms with van der Waals surface area (Å²) in [5.74, 6) is 0.307. The maximum Gasteiger partial charge on any atom is 0.408 e. The van der Waals surface area contributed by atoms with Crippen LogP contribution >= 0.6 is 0 Å². The minimum atomic E-state index is -0.969. The Morgan fingerprint density at radius 2 is 1.60 bits per heavy atom. The van der Waals surface area contributed by atoms with Crippen LogP contribution in [0.3, 0.4) is 0 Å². The number of piperidine rings is 1. The van der Waals surface area contributed by atoms with E-state index in [9.17, 15) is 14.4 Å². The fourth-order valence-electron chi connectivity index (χ4n) is 5.69. The van der Waals surface area contributed by atoms with Crippen LogP contribution in [-0.4, -0.2) is 69.2 Å². The molecule has 3 aromatic rings. The standard InChI is InChI=1S/C39H54N6O5/c1-27-19-21-44(22-20-27)36(47)32(31-17-13-10-14-18-31)23-45-26-40-34(28(45)2)42-35(46)33(25-49-24-30-15-11-9-12-16-30)41-29(3)39(7,8)43-37(48)50-38(4,5)6/h9-18,26-27,32-33,41H,3,19-25H2,1-2,4-8H3,(H,42,46)(H,43,48). The average molecular weight is 687 g/mol. The fraction of sp³-hybridized carbons (Fsp3) is 0.487. The van der Waals surface area contributed by atoms with E-state index in [0.29, 0.717) is 36.3 Å². The minimum Gasteiger partial charge on any atom is -0.444 e. The molecule has 2 atom stereocenters. The van der Waals surface area contributed by atoms with Crippen LogP contribution in [0, 0.1) is 12.8 Å². The van der Waals surface area contributed by atoms with Crippen LogP contribution in [-0.2, 0) is 32.2 Å². The van der Waals surface area contributed by atoms with Crippen molar-refractivity contribution in [1.29, 1.82) is 0 Å². The topological polar surface area (TPSA) is 127 Å². The number of ether oxygens (including phenoxy) is 2. The summed E-state index contributed by atoms with van der Waals surface area (Å²) < 4.78 is 13.3. The van der Waals surface area contributed by atoms with Crippen molar-refractivity contribution in [1.82, 2.24) is 25.1 Å². The molecular formula is C39H54N6O5. The van der Waals surface area contributed by atoms with Gasteiger partial charge in [-0.15, -0.1) is 0 Å². The van der Waals surface area contributed by atoms with Crippen molar-refractivity contribution >= 4 is 23.7 Å². The molecule has 0 aliphatic carbocycles. The molecule has 11 heteroatoms. The Morgan fingerprint density at radius 1 is 0.980 bits per heavy atom. The average Bonchev–Trinajstić information content (AvgIpc) is 3.40. The highest BCUT2D eigenvalue weighted by Gasteiger charge is 2.32. The third-order valence-corrected chi connectivity index (χ3v) is 8.94. The van der Waals surface area contributed by atoms with E-state index in [2.05, 4.69) is 34.4 Å². The monoisotopic (exact) mass is 686 g/mol. The molecule has 1 fully saturated rings. The van der Waals surface area contributed by atoms with Gasteiger partial charge in [-0.05, 0) is 71.4 Å². The number of nitrogens with one attached hydrogen (secondary N) is 3. The van der Waals surface area contributed by atoms with E-state index < -0.39 is 35.1 Å². The Labute approximate surface area is 296 Å². The van der Waals surface area contributed by atoms with Gasteiger partial charge in [0.25, 0.3) is 0 Å². The SMILES string of the molecule is C=C(NC(COCc1ccccc1)C(=O)Nc1ncn(CC(C(=O)N2CCC(C)CC2)c2ccccc2)c1C)C(C)(C)NC(=O)OC(C)(C)C. The predicted molar refractivity (Wildman–Crippen MR) is 195 cm³/mol. The molecule has 1 saturated heterocycles. The zero-order valence-electron chi connectivity index (χ0n) is 30.6. The number of rotatable bonds is 14. The molecule has 0 radical (unpaired) electrons. The Kier molecular flexibility index (Phi) is 12.9. The first-order chi connectivity index (χ1) is 23.6. The second kappa shape index (κ2) is 16.8. The number of aromatic nitrogens is 2. The summed E-state index contributed by atoms with van der Waals surface area (Å²) in [6.07, 6.45) is 3.06. The van der Waals surface area contributed by atoms with Crippen molar-refractivity contribution in [3.05, 3.63) is 96.1 Å². The second-order valence-corrected chi connectivity index (χ2v) is 14.7. The molecule has 0 spiro atoms. The molecule has 4 rings (SSSR count). The van der Waals surface area contributed by atoms with Gasteiger partial charge in [-0.1, -0.05) is 74.2 Å². The van der Waals surface area contributed by atoms with Gasteiger partial charge in [-0.25, -0.2) is 9.78 Å². The van der Waals surface area contributed by atoms with E-state index in [4.69, 9.17) is 9.47 Å². The molecule has 50 heavy (non-hydrogen) atoms. The van der Waals surface area contributed by atoms with Crippen molar-refractivity contribution < 1.29 is 23.9 Å². The van der Waals surface area contributed by atoms with Crippen LogP contribution in [0.2, 0.25) is 0 Å². The highest BCUT2D eigenvalue weighted by atomic mass is 16.6. The molecule has 1 aliphatic heterocycles. The number of carbonyl (C=O) groups excluding carboxylic acids is 3. The number of carbonyl (C=O) groups is 3. The van der Waals surface area contributed by atoms with Crippen LogP contribution in [0.5, 0.6) is 0 Å². The fourth-order valence-corrected chi connectivity index (χ4v) is 5.69. The zero-order valence-corrected chi connectivity index (χ0v) is 30.6. The van der Waals surface area contributed by atoms with Gasteiger partial charge in [0.2, 0.25) is 11.8 Å². The lowest BCUT2D eigenvalue weighted by molar-refractivity contribution is -0.134. The van der Waals surface area contributed by atoms with Crippen molar-refractivity contribution in [2.24, 2.45) is 5.92 Å². The maximum absolute atomic E-state index is 13.9. The lowest BCUT2D eigenvalue weighted by Gasteiger charge is -2.33. The normalized spacial score (nSPS) is 15.1. The lowest BCUT2D eigenvalue weighted by Crippen LogP contribution is -2.53. The third-order valence-electron chi connectivity index (χ3n) is 8.94. The molecule has 270 valence electrons. The number of alkyl carbamates (subject to hydrolysis) is 1. The third kappa shape index (κ3) is 10.9. The number of likely N-dealkylation sites (tertiary alicyclic amines) is 1. The van der Waals surface area contributed by atoms with E-state index in [1.807, 2.05) is 77.1 Å². The van der Waals surface area contributed by atoms with E-state index in [1.54, 1.807) is 40.9 Å². The van der Waals surface area contributed by atoms with Gasteiger partial charge in [0.05, 0.1) is 36.7 Å². The highest BCUT2D eigenvalue weighted by Crippen LogP contribution is 2.26. The summed E-state index contributed by atoms with van der Waals surface area (Å²) in [6, 6.07) is 18.6. The van der Waals surface area contributed by atoms with Crippen LogP contribution < -0.4 is 16.0 Å². The summed E-state index contributed by atoms with van der Waals surface area (Å²) in [5, 5.41) is 8.96. The number of nitrogens with zero attached hydrogens (tertiary/aromatic N) is 3. The summed E-state index contributed by atoms with van der Waals surface area (Å²) in [5.41, 5.74) is 1.37. The van der Waals surface area contributed by atoms with Gasteiger partial charge in [-0.3, -0.25) is 9.59 Å². The molecule has 1 aliphatic rings. The van der Waals surface area contributed by atoms with Gasteiger partial charge in [0.1, 0.15) is 11.6 Å². The number of amides is 3. The van der Waals surface area contributed by atoms with E-state index in [1.165, 1.54) is 0 Å². The Bertz CT molecular complexity index is 1590. The van der Waals surface area contributed by atoms with Gasteiger partial charge in [0, 0.05) is 25.3 Å². The van der Waals surface area contributed by atoms with Crippen LogP contribution in [0.1, 0.15) is 77.1 Å². The zero-order chi connectivity index (χ0) is 36.5. The molecule has 3 N–H and O–H groups in total. The number of benzene rings is 2. The van der Waals surface area contributed by atoms with E-state index in [0.717, 1.165) is 37.1 Å². The van der Waals surface area contributed by atoms with Crippen LogP contribution in [0.15, 0.2) is 79.3 Å². The predicted octanol–water partition coefficient (Wildman–Crippen LogP) is 6.16. The van der Waals surface area contributed by atoms with Gasteiger partial charge in [0.15, 0.2) is 5.82 Å². The molecular weight excluding hydrogens is 632 g/mol. The quantitative estimate of drug-likeness (QED) is 0.185. The largest absolute Gasteiger partial charge is 0.444 e. The first kappa shape index (κ1) is 38.2. The van der Waals surface area contributed by atoms with Gasteiger partial charge < -0.3 is 34.9 Å². The van der Waals surface area contributed by atoms with Crippen molar-refractivity contribution in [3.63, 3.8) is 0 Å². The van der Waals surface area contributed by atoms with Crippen molar-refractivity contribution in [2.45, 2.75) is 97.6 Å². The Balaban J connectivity index is 1.49. The lowest BCUT2D eigenvalue weighted by atomic mass is 9.94. The molecule has 2 aromatic carbocycles. The minimum absolute atomic E-state index is 0.0149. The van der Waals surface area contributed by atoms with Gasteiger partial charge in [-0.2, -0.15) is 0 Å². The van der Waals surface area contributed by atoms with Crippen LogP contribution in [0.4, 0.5) is 10.6 Å². The molecule has 11 nitrogen and oxygen atoms in total. The molecule has 2 unspecified atom stereocenters. The molecule has 0 saturated carbocycles. The first-order valence-electron chi connectivity index (χ1n) is 17.4. The molecule has 0 bridgehead atoms. The van der Waals surface area contributed by atoms with Crippen molar-refractivity contribution in [3.8, 4) is 0 Å². The number of hydrogen-bond donors (Lipinski definition) is 3. The van der Waals surface area contributed by atoms with E-state index >= 15 is 0 Å². The smallest absolute Gasteiger partial charge is 0.408 e. The summed E-state index contributed by atoms with van der Waals surface area (Å²) >= 11 is 0. The summed E-state index contributed by atoms with van der Waals surface area (Å²) in [6.45, 7) is 19.4. The Morgan fingerprint density at radius 3 is 2.22 bits per heavy atom. The number of anilines is 1. The summed E-state index contributed by atoms with van der Waals surface area (Å²) in [4.78, 5) is 46.8. The van der Waals surface area contributed by atoms with Crippen molar-refractivity contribution in [2.75, 3.05) is 25.0 Å². The number of imidazole rings is 1. The van der Waals surface area contributed by atoms with E-state index in [-0.39, 0.29) is 12.5 Å². The first-order valence-corrected chi connectivity index (χ1v) is 17.4. The Hall–Kier alpha value is -4.64. The molecule has 3 amide bonds. The molecule has 1 aromatic heterocycles. The van der Waals surface area contributed by atoms with Crippen LogP contribution in [0.25, 0.3) is 0 Å². The second-order valence-electron chi connectivity index (χ2n) is 14.7.